The third kappa shape index (κ3) is 4.59. The van der Waals surface area contributed by atoms with Crippen LogP contribution in [-0.2, 0) is 9.59 Å². The van der Waals surface area contributed by atoms with Crippen LogP contribution < -0.4 is 10.2 Å². The fourth-order valence-electron chi connectivity index (χ4n) is 3.04. The van der Waals surface area contributed by atoms with Crippen molar-refractivity contribution in [1.82, 2.24) is 10.3 Å². The maximum atomic E-state index is 12.0. The van der Waals surface area contributed by atoms with Gasteiger partial charge in [-0.3, -0.25) is 9.59 Å². The number of hydrogen-bond acceptors (Lipinski definition) is 4. The number of benzene rings is 2. The highest BCUT2D eigenvalue weighted by Crippen LogP contribution is 2.21. The number of rotatable bonds is 5. The molecular formula is C20H23N3O3. The van der Waals surface area contributed by atoms with Crippen LogP contribution in [0.1, 0.15) is 31.2 Å². The highest BCUT2D eigenvalue weighted by molar-refractivity contribution is 5.92. The van der Waals surface area contributed by atoms with Gasteiger partial charge in [-0.1, -0.05) is 24.6 Å². The number of carbonyl (C=O) groups is 2. The Labute approximate surface area is 152 Å². The van der Waals surface area contributed by atoms with Crippen LogP contribution in [0.25, 0.3) is 10.8 Å². The second kappa shape index (κ2) is 8.47. The van der Waals surface area contributed by atoms with E-state index in [4.69, 9.17) is 4.74 Å². The van der Waals surface area contributed by atoms with Crippen LogP contribution in [0.3, 0.4) is 0 Å². The second-order valence-electron chi connectivity index (χ2n) is 6.39. The Morgan fingerprint density at radius 2 is 2.00 bits per heavy atom. The van der Waals surface area contributed by atoms with E-state index in [1.807, 2.05) is 36.4 Å². The van der Waals surface area contributed by atoms with Gasteiger partial charge in [-0.05, 0) is 47.4 Å². The molecule has 1 aliphatic rings. The standard InChI is InChI=1S/C20H23N3O3/c1-26-18-9-8-16-11-15(6-7-17(16)12-18)13-21-22-19(24)14-23-10-4-2-3-5-20(23)25/h6-9,11-13H,2-5,10,14H2,1H3,(H,22,24)/b21-13-. The number of carbonyl (C=O) groups excluding carboxylic acids is 2. The van der Waals surface area contributed by atoms with Gasteiger partial charge in [0.05, 0.1) is 13.3 Å². The van der Waals surface area contributed by atoms with E-state index in [0.29, 0.717) is 13.0 Å². The number of amides is 2. The van der Waals surface area contributed by atoms with E-state index in [0.717, 1.165) is 41.3 Å². The minimum atomic E-state index is -0.276. The Balaban J connectivity index is 1.58. The molecular weight excluding hydrogens is 330 g/mol. The van der Waals surface area contributed by atoms with Crippen LogP contribution in [0.2, 0.25) is 0 Å². The largest absolute Gasteiger partial charge is 0.497 e. The van der Waals surface area contributed by atoms with Crippen LogP contribution in [0.5, 0.6) is 5.75 Å². The molecule has 0 spiro atoms. The first-order valence-corrected chi connectivity index (χ1v) is 8.83. The molecule has 6 nitrogen and oxygen atoms in total. The molecule has 0 aliphatic carbocycles. The highest BCUT2D eigenvalue weighted by atomic mass is 16.5. The highest BCUT2D eigenvalue weighted by Gasteiger charge is 2.18. The molecule has 136 valence electrons. The molecule has 0 atom stereocenters. The molecule has 2 aromatic rings. The van der Waals surface area contributed by atoms with Crippen molar-refractivity contribution >= 4 is 28.8 Å². The van der Waals surface area contributed by atoms with Crippen molar-refractivity contribution in [2.24, 2.45) is 5.10 Å². The van der Waals surface area contributed by atoms with Gasteiger partial charge in [-0.2, -0.15) is 5.10 Å². The predicted octanol–water partition coefficient (Wildman–Crippen LogP) is 2.70. The van der Waals surface area contributed by atoms with E-state index in [1.165, 1.54) is 0 Å². The molecule has 1 saturated heterocycles. The van der Waals surface area contributed by atoms with Gasteiger partial charge in [0.25, 0.3) is 5.91 Å². The van der Waals surface area contributed by atoms with Crippen LogP contribution in [0, 0.1) is 0 Å². The maximum absolute atomic E-state index is 12.0. The number of nitrogens with one attached hydrogen (secondary N) is 1. The van der Waals surface area contributed by atoms with Crippen LogP contribution in [-0.4, -0.2) is 43.1 Å². The number of nitrogens with zero attached hydrogens (tertiary/aromatic N) is 2. The Morgan fingerprint density at radius 1 is 1.19 bits per heavy atom. The van der Waals surface area contributed by atoms with Gasteiger partial charge < -0.3 is 9.64 Å². The lowest BCUT2D eigenvalue weighted by molar-refractivity contribution is -0.135. The smallest absolute Gasteiger partial charge is 0.259 e. The summed E-state index contributed by atoms with van der Waals surface area (Å²) in [6, 6.07) is 11.8. The zero-order chi connectivity index (χ0) is 18.4. The first-order chi connectivity index (χ1) is 12.7. The van der Waals surface area contributed by atoms with E-state index in [1.54, 1.807) is 18.2 Å². The predicted molar refractivity (Wildman–Crippen MR) is 101 cm³/mol. The molecule has 0 unspecified atom stereocenters. The summed E-state index contributed by atoms with van der Waals surface area (Å²) in [6.45, 7) is 0.706. The van der Waals surface area contributed by atoms with E-state index >= 15 is 0 Å². The van der Waals surface area contributed by atoms with Crippen molar-refractivity contribution in [2.75, 3.05) is 20.2 Å². The normalized spacial score (nSPS) is 15.3. The monoisotopic (exact) mass is 353 g/mol. The van der Waals surface area contributed by atoms with Crippen molar-refractivity contribution in [2.45, 2.75) is 25.7 Å². The molecule has 1 N–H and O–H groups in total. The van der Waals surface area contributed by atoms with Crippen molar-refractivity contribution in [3.05, 3.63) is 42.0 Å². The molecule has 2 amide bonds. The number of hydrogen-bond donors (Lipinski definition) is 1. The summed E-state index contributed by atoms with van der Waals surface area (Å²) in [5.74, 6) is 0.586. The molecule has 0 radical (unpaired) electrons. The van der Waals surface area contributed by atoms with Gasteiger partial charge in [-0.25, -0.2) is 5.43 Å². The number of likely N-dealkylation sites (tertiary alicyclic amines) is 1. The Morgan fingerprint density at radius 3 is 2.85 bits per heavy atom. The van der Waals surface area contributed by atoms with E-state index in [9.17, 15) is 9.59 Å². The lowest BCUT2D eigenvalue weighted by atomic mass is 10.1. The third-order valence-corrected chi connectivity index (χ3v) is 4.48. The lowest BCUT2D eigenvalue weighted by Crippen LogP contribution is -2.39. The van der Waals surface area contributed by atoms with Gasteiger partial charge >= 0.3 is 0 Å². The maximum Gasteiger partial charge on any atom is 0.259 e. The van der Waals surface area contributed by atoms with Gasteiger partial charge in [0, 0.05) is 13.0 Å². The van der Waals surface area contributed by atoms with Crippen LogP contribution in [0.15, 0.2) is 41.5 Å². The summed E-state index contributed by atoms with van der Waals surface area (Å²) < 4.78 is 5.22. The van der Waals surface area contributed by atoms with Crippen LogP contribution in [0.4, 0.5) is 0 Å². The second-order valence-corrected chi connectivity index (χ2v) is 6.39. The minimum Gasteiger partial charge on any atom is -0.497 e. The summed E-state index contributed by atoms with van der Waals surface area (Å²) >= 11 is 0. The summed E-state index contributed by atoms with van der Waals surface area (Å²) in [5, 5.41) is 6.15. The van der Waals surface area contributed by atoms with Gasteiger partial charge in [-0.15, -0.1) is 0 Å². The van der Waals surface area contributed by atoms with Crippen molar-refractivity contribution in [1.29, 1.82) is 0 Å². The minimum absolute atomic E-state index is 0.0478. The van der Waals surface area contributed by atoms with Gasteiger partial charge in [0.15, 0.2) is 0 Å². The Bertz CT molecular complexity index is 832. The number of hydrazone groups is 1. The average Bonchev–Trinajstić information content (AvgIpc) is 2.85. The van der Waals surface area contributed by atoms with E-state index < -0.39 is 0 Å². The zero-order valence-electron chi connectivity index (χ0n) is 14.9. The van der Waals surface area contributed by atoms with E-state index in [2.05, 4.69) is 10.5 Å². The topological polar surface area (TPSA) is 71.0 Å². The molecule has 26 heavy (non-hydrogen) atoms. The van der Waals surface area contributed by atoms with Gasteiger partial charge in [0.1, 0.15) is 12.3 Å². The quantitative estimate of drug-likeness (QED) is 0.664. The SMILES string of the molecule is COc1ccc2cc(/C=N\NC(=O)CN3CCCCCC3=O)ccc2c1. The first-order valence-electron chi connectivity index (χ1n) is 8.83. The van der Waals surface area contributed by atoms with E-state index in [-0.39, 0.29) is 18.4 Å². The Kier molecular flexibility index (Phi) is 5.84. The number of ether oxygens (including phenoxy) is 1. The fourth-order valence-corrected chi connectivity index (χ4v) is 3.04. The lowest BCUT2D eigenvalue weighted by Gasteiger charge is -2.18. The third-order valence-electron chi connectivity index (χ3n) is 4.48. The molecule has 6 heteroatoms. The summed E-state index contributed by atoms with van der Waals surface area (Å²) in [6.07, 6.45) is 5.02. The molecule has 2 aromatic carbocycles. The summed E-state index contributed by atoms with van der Waals surface area (Å²) in [7, 11) is 1.64. The molecule has 0 aromatic heterocycles. The van der Waals surface area contributed by atoms with Gasteiger partial charge in [0.2, 0.25) is 5.91 Å². The average molecular weight is 353 g/mol. The Hall–Kier alpha value is -2.89. The molecule has 1 aliphatic heterocycles. The summed E-state index contributed by atoms with van der Waals surface area (Å²) in [4.78, 5) is 25.5. The number of fused-ring (bicyclic) bond motifs is 1. The molecule has 0 saturated carbocycles. The van der Waals surface area contributed by atoms with Crippen LogP contribution >= 0.6 is 0 Å². The zero-order valence-corrected chi connectivity index (χ0v) is 14.9. The molecule has 3 rings (SSSR count). The summed E-state index contributed by atoms with van der Waals surface area (Å²) in [5.41, 5.74) is 3.39. The van der Waals surface area contributed by atoms with Crippen molar-refractivity contribution < 1.29 is 14.3 Å². The molecule has 1 heterocycles. The fraction of sp³-hybridized carbons (Fsp3) is 0.350. The van der Waals surface area contributed by atoms with Crippen molar-refractivity contribution in [3.8, 4) is 5.75 Å². The van der Waals surface area contributed by atoms with Crippen molar-refractivity contribution in [3.63, 3.8) is 0 Å². The number of methoxy groups -OCH3 is 1. The first kappa shape index (κ1) is 17.9. The molecule has 1 fully saturated rings. The molecule has 0 bridgehead atoms.